The second-order valence-electron chi connectivity index (χ2n) is 6.26. The highest BCUT2D eigenvalue weighted by atomic mass is 15.1. The molecule has 0 spiro atoms. The second kappa shape index (κ2) is 6.04. The zero-order valence-electron chi connectivity index (χ0n) is 13.2. The minimum atomic E-state index is 0.475. The molecule has 0 radical (unpaired) electrons. The van der Waals surface area contributed by atoms with Gasteiger partial charge in [-0.1, -0.05) is 0 Å². The Bertz CT molecular complexity index is 794. The van der Waals surface area contributed by atoms with E-state index in [4.69, 9.17) is 4.98 Å². The van der Waals surface area contributed by atoms with E-state index in [0.717, 1.165) is 42.2 Å². The average Bonchev–Trinajstić information content (AvgIpc) is 3.05. The number of aryl methyl sites for hydroxylation is 1. The zero-order valence-corrected chi connectivity index (χ0v) is 13.2. The van der Waals surface area contributed by atoms with E-state index in [1.807, 2.05) is 25.5 Å². The van der Waals surface area contributed by atoms with Gasteiger partial charge in [0.05, 0.1) is 6.20 Å². The summed E-state index contributed by atoms with van der Waals surface area (Å²) in [6, 6.07) is 4.24. The molecule has 3 aromatic rings. The topological polar surface area (TPSA) is 70.6 Å². The van der Waals surface area contributed by atoms with Gasteiger partial charge in [0, 0.05) is 48.0 Å². The van der Waals surface area contributed by atoms with Crippen LogP contribution in [0.4, 0.5) is 0 Å². The van der Waals surface area contributed by atoms with E-state index in [-0.39, 0.29) is 0 Å². The summed E-state index contributed by atoms with van der Waals surface area (Å²) in [5.41, 5.74) is 3.21. The molecule has 0 saturated carbocycles. The van der Waals surface area contributed by atoms with Crippen molar-refractivity contribution < 1.29 is 0 Å². The third-order valence-corrected chi connectivity index (χ3v) is 4.49. The fourth-order valence-corrected chi connectivity index (χ4v) is 3.27. The number of rotatable bonds is 3. The first-order valence-corrected chi connectivity index (χ1v) is 8.08. The lowest BCUT2D eigenvalue weighted by molar-refractivity contribution is 0.198. The van der Waals surface area contributed by atoms with Crippen LogP contribution < -0.4 is 0 Å². The van der Waals surface area contributed by atoms with Crippen LogP contribution in [0.15, 0.2) is 30.7 Å². The summed E-state index contributed by atoms with van der Waals surface area (Å²) in [6.45, 7) is 4.97. The fourth-order valence-electron chi connectivity index (χ4n) is 3.27. The number of nitrogens with zero attached hydrogens (tertiary/aromatic N) is 5. The van der Waals surface area contributed by atoms with E-state index in [1.165, 1.54) is 18.4 Å². The van der Waals surface area contributed by atoms with Crippen molar-refractivity contribution >= 4 is 11.0 Å². The van der Waals surface area contributed by atoms with Crippen LogP contribution in [0.5, 0.6) is 0 Å². The lowest BCUT2D eigenvalue weighted by Gasteiger charge is -2.32. The largest absolute Gasteiger partial charge is 0.298 e. The summed E-state index contributed by atoms with van der Waals surface area (Å²) < 4.78 is 0. The Balaban J connectivity index is 1.48. The highest BCUT2D eigenvalue weighted by Gasteiger charge is 2.22. The van der Waals surface area contributed by atoms with Crippen LogP contribution in [0, 0.1) is 6.92 Å². The standard InChI is InChI=1S/C17H20N6/c1-12-18-7-13(8-19-12)10-23-6-2-3-15(11-23)16-5-4-14-9-20-22-17(14)21-16/h4-5,7-9,15H,2-3,6,10-11H2,1H3,(H,20,21,22)/t15-/m1/s1. The van der Waals surface area contributed by atoms with Gasteiger partial charge in [-0.2, -0.15) is 5.10 Å². The van der Waals surface area contributed by atoms with Crippen molar-refractivity contribution in [3.63, 3.8) is 0 Å². The number of aromatic nitrogens is 5. The molecule has 0 amide bonds. The van der Waals surface area contributed by atoms with E-state index < -0.39 is 0 Å². The molecule has 1 fully saturated rings. The van der Waals surface area contributed by atoms with Crippen LogP contribution in [0.2, 0.25) is 0 Å². The van der Waals surface area contributed by atoms with E-state index in [1.54, 1.807) is 0 Å². The molecule has 6 heteroatoms. The number of aromatic amines is 1. The van der Waals surface area contributed by atoms with E-state index >= 15 is 0 Å². The lowest BCUT2D eigenvalue weighted by Crippen LogP contribution is -2.34. The predicted octanol–water partition coefficient (Wildman–Crippen LogP) is 2.44. The van der Waals surface area contributed by atoms with Crippen molar-refractivity contribution in [2.24, 2.45) is 0 Å². The first-order chi connectivity index (χ1) is 11.3. The summed E-state index contributed by atoms with van der Waals surface area (Å²) >= 11 is 0. The van der Waals surface area contributed by atoms with Gasteiger partial charge < -0.3 is 0 Å². The van der Waals surface area contributed by atoms with Crippen LogP contribution in [0.25, 0.3) is 11.0 Å². The Morgan fingerprint density at radius 1 is 1.22 bits per heavy atom. The quantitative estimate of drug-likeness (QED) is 0.804. The van der Waals surface area contributed by atoms with Gasteiger partial charge in [0.15, 0.2) is 5.65 Å². The molecule has 23 heavy (non-hydrogen) atoms. The lowest BCUT2D eigenvalue weighted by atomic mass is 9.94. The normalized spacial score (nSPS) is 19.3. The number of hydrogen-bond acceptors (Lipinski definition) is 5. The summed E-state index contributed by atoms with van der Waals surface area (Å²) in [5.74, 6) is 1.30. The van der Waals surface area contributed by atoms with Crippen molar-refractivity contribution in [1.82, 2.24) is 30.0 Å². The average molecular weight is 308 g/mol. The minimum Gasteiger partial charge on any atom is -0.298 e. The number of pyridine rings is 1. The number of piperidine rings is 1. The van der Waals surface area contributed by atoms with Gasteiger partial charge in [0.25, 0.3) is 0 Å². The van der Waals surface area contributed by atoms with Gasteiger partial charge in [-0.25, -0.2) is 15.0 Å². The summed E-state index contributed by atoms with van der Waals surface area (Å²) in [5, 5.41) is 8.09. The summed E-state index contributed by atoms with van der Waals surface area (Å²) in [7, 11) is 0. The molecular formula is C17H20N6. The van der Waals surface area contributed by atoms with Crippen molar-refractivity contribution in [2.45, 2.75) is 32.2 Å². The molecule has 6 nitrogen and oxygen atoms in total. The van der Waals surface area contributed by atoms with Crippen LogP contribution in [-0.4, -0.2) is 43.1 Å². The Hall–Kier alpha value is -2.34. The highest BCUT2D eigenvalue weighted by Crippen LogP contribution is 2.27. The minimum absolute atomic E-state index is 0.475. The van der Waals surface area contributed by atoms with Crippen molar-refractivity contribution in [1.29, 1.82) is 0 Å². The van der Waals surface area contributed by atoms with Crippen molar-refractivity contribution in [3.05, 3.63) is 47.8 Å². The third kappa shape index (κ3) is 3.07. The van der Waals surface area contributed by atoms with Gasteiger partial charge in [-0.3, -0.25) is 10.00 Å². The maximum Gasteiger partial charge on any atom is 0.155 e. The predicted molar refractivity (Wildman–Crippen MR) is 87.9 cm³/mol. The molecular weight excluding hydrogens is 288 g/mol. The van der Waals surface area contributed by atoms with Gasteiger partial charge in [0.1, 0.15) is 5.82 Å². The van der Waals surface area contributed by atoms with E-state index in [2.05, 4.69) is 37.2 Å². The Labute approximate surface area is 135 Å². The van der Waals surface area contributed by atoms with Gasteiger partial charge in [-0.15, -0.1) is 0 Å². The van der Waals surface area contributed by atoms with Gasteiger partial charge in [0.2, 0.25) is 0 Å². The maximum absolute atomic E-state index is 4.74. The number of nitrogens with one attached hydrogen (secondary N) is 1. The fraction of sp³-hybridized carbons (Fsp3) is 0.412. The zero-order chi connectivity index (χ0) is 15.6. The van der Waals surface area contributed by atoms with Crippen LogP contribution in [0.1, 0.15) is 35.8 Å². The highest BCUT2D eigenvalue weighted by molar-refractivity contribution is 5.73. The molecule has 0 aromatic carbocycles. The molecule has 118 valence electrons. The molecule has 0 bridgehead atoms. The second-order valence-corrected chi connectivity index (χ2v) is 6.26. The van der Waals surface area contributed by atoms with E-state index in [0.29, 0.717) is 5.92 Å². The summed E-state index contributed by atoms with van der Waals surface area (Å²) in [6.07, 6.45) is 8.06. The molecule has 4 rings (SSSR count). The van der Waals surface area contributed by atoms with Crippen LogP contribution in [0.3, 0.4) is 0 Å². The SMILES string of the molecule is Cc1ncc(CN2CCC[C@@H](c3ccc4cn[nH]c4n3)C2)cn1. The number of H-pyrrole nitrogens is 1. The molecule has 1 aliphatic heterocycles. The van der Waals surface area contributed by atoms with Crippen LogP contribution >= 0.6 is 0 Å². The van der Waals surface area contributed by atoms with Crippen LogP contribution in [-0.2, 0) is 6.54 Å². The van der Waals surface area contributed by atoms with Crippen molar-refractivity contribution in [2.75, 3.05) is 13.1 Å². The molecule has 1 atom stereocenters. The van der Waals surface area contributed by atoms with Gasteiger partial charge in [-0.05, 0) is 38.4 Å². The van der Waals surface area contributed by atoms with Crippen molar-refractivity contribution in [3.8, 4) is 0 Å². The molecule has 4 heterocycles. The smallest absolute Gasteiger partial charge is 0.155 e. The third-order valence-electron chi connectivity index (χ3n) is 4.49. The van der Waals surface area contributed by atoms with Gasteiger partial charge >= 0.3 is 0 Å². The molecule has 0 aliphatic carbocycles. The Morgan fingerprint density at radius 2 is 2.09 bits per heavy atom. The molecule has 0 unspecified atom stereocenters. The number of likely N-dealkylation sites (tertiary alicyclic amines) is 1. The monoisotopic (exact) mass is 308 g/mol. The number of fused-ring (bicyclic) bond motifs is 1. The Kier molecular flexibility index (Phi) is 3.75. The molecule has 1 N–H and O–H groups in total. The molecule has 1 saturated heterocycles. The maximum atomic E-state index is 4.74. The first kappa shape index (κ1) is 14.3. The Morgan fingerprint density at radius 3 is 2.96 bits per heavy atom. The number of hydrogen-bond donors (Lipinski definition) is 1. The van der Waals surface area contributed by atoms with E-state index in [9.17, 15) is 0 Å². The molecule has 1 aliphatic rings. The first-order valence-electron chi connectivity index (χ1n) is 8.08. The summed E-state index contributed by atoms with van der Waals surface area (Å²) in [4.78, 5) is 15.8. The molecule has 3 aromatic heterocycles.